The van der Waals surface area contributed by atoms with E-state index < -0.39 is 17.8 Å². The fraction of sp³-hybridized carbons (Fsp3) is 0.133. The number of benzene rings is 1. The fourth-order valence-corrected chi connectivity index (χ4v) is 2.11. The summed E-state index contributed by atoms with van der Waals surface area (Å²) in [5, 5.41) is 11.8. The SMILES string of the molecule is O=C(Nc1cccc(Cn2cccn2)c1)c1cc(C(F)(F)F)[nH]n1. The van der Waals surface area contributed by atoms with E-state index in [-0.39, 0.29) is 5.69 Å². The van der Waals surface area contributed by atoms with E-state index in [1.807, 2.05) is 6.07 Å². The first-order valence-corrected chi connectivity index (χ1v) is 6.92. The summed E-state index contributed by atoms with van der Waals surface area (Å²) in [6.07, 6.45) is -1.12. The highest BCUT2D eigenvalue weighted by molar-refractivity contribution is 6.02. The molecule has 0 bridgehead atoms. The highest BCUT2D eigenvalue weighted by Gasteiger charge is 2.33. The molecule has 2 N–H and O–H groups in total. The van der Waals surface area contributed by atoms with Crippen LogP contribution in [-0.4, -0.2) is 25.9 Å². The van der Waals surface area contributed by atoms with Gasteiger partial charge in [-0.25, -0.2) is 0 Å². The summed E-state index contributed by atoms with van der Waals surface area (Å²) in [5.74, 6) is -0.724. The highest BCUT2D eigenvalue weighted by atomic mass is 19.4. The van der Waals surface area contributed by atoms with Gasteiger partial charge in [0.05, 0.1) is 6.54 Å². The van der Waals surface area contributed by atoms with Crippen molar-refractivity contribution in [1.82, 2.24) is 20.0 Å². The van der Waals surface area contributed by atoms with E-state index in [0.29, 0.717) is 18.3 Å². The first-order valence-electron chi connectivity index (χ1n) is 6.92. The number of nitrogens with one attached hydrogen (secondary N) is 2. The van der Waals surface area contributed by atoms with E-state index in [2.05, 4.69) is 15.5 Å². The minimum atomic E-state index is -4.57. The number of aromatic amines is 1. The Morgan fingerprint density at radius 3 is 2.75 bits per heavy atom. The van der Waals surface area contributed by atoms with E-state index in [0.717, 1.165) is 5.56 Å². The second-order valence-corrected chi connectivity index (χ2v) is 5.02. The Hall–Kier alpha value is -3.10. The molecule has 1 amide bonds. The number of H-pyrrole nitrogens is 1. The summed E-state index contributed by atoms with van der Waals surface area (Å²) in [5.41, 5.74) is -0.0596. The second-order valence-electron chi connectivity index (χ2n) is 5.02. The highest BCUT2D eigenvalue weighted by Crippen LogP contribution is 2.27. The van der Waals surface area contributed by atoms with Crippen LogP contribution in [0, 0.1) is 0 Å². The van der Waals surface area contributed by atoms with Crippen molar-refractivity contribution in [2.24, 2.45) is 0 Å². The topological polar surface area (TPSA) is 75.6 Å². The van der Waals surface area contributed by atoms with E-state index in [1.165, 1.54) is 0 Å². The number of rotatable bonds is 4. The predicted octanol–water partition coefficient (Wildman–Crippen LogP) is 2.93. The lowest BCUT2D eigenvalue weighted by Gasteiger charge is -2.06. The Morgan fingerprint density at radius 1 is 1.25 bits per heavy atom. The average Bonchev–Trinajstić information content (AvgIpc) is 3.18. The molecule has 0 aliphatic heterocycles. The number of carbonyl (C=O) groups excluding carboxylic acids is 1. The number of halogens is 3. The maximum atomic E-state index is 12.5. The summed E-state index contributed by atoms with van der Waals surface area (Å²) < 4.78 is 39.3. The molecule has 124 valence electrons. The van der Waals surface area contributed by atoms with Crippen LogP contribution in [-0.2, 0) is 12.7 Å². The number of carbonyl (C=O) groups is 1. The van der Waals surface area contributed by atoms with Gasteiger partial charge in [0.15, 0.2) is 5.69 Å². The lowest BCUT2D eigenvalue weighted by Crippen LogP contribution is -2.13. The van der Waals surface area contributed by atoms with Crippen molar-refractivity contribution in [3.05, 3.63) is 65.7 Å². The molecule has 9 heteroatoms. The van der Waals surface area contributed by atoms with Crippen LogP contribution in [0.3, 0.4) is 0 Å². The van der Waals surface area contributed by atoms with Gasteiger partial charge in [0.25, 0.3) is 5.91 Å². The van der Waals surface area contributed by atoms with Gasteiger partial charge in [-0.2, -0.15) is 23.4 Å². The molecule has 2 aromatic heterocycles. The molecule has 0 unspecified atom stereocenters. The molecular weight excluding hydrogens is 323 g/mol. The number of aromatic nitrogens is 4. The van der Waals surface area contributed by atoms with Gasteiger partial charge in [0, 0.05) is 24.1 Å². The molecule has 0 aliphatic rings. The monoisotopic (exact) mass is 335 g/mol. The smallest absolute Gasteiger partial charge is 0.321 e. The molecule has 1 aromatic carbocycles. The number of anilines is 1. The zero-order valence-electron chi connectivity index (χ0n) is 12.2. The third-order valence-electron chi connectivity index (χ3n) is 3.20. The van der Waals surface area contributed by atoms with Crippen LogP contribution >= 0.6 is 0 Å². The fourth-order valence-electron chi connectivity index (χ4n) is 2.11. The summed E-state index contributed by atoms with van der Waals surface area (Å²) in [6, 6.07) is 9.41. The van der Waals surface area contributed by atoms with Gasteiger partial charge in [0.2, 0.25) is 0 Å². The van der Waals surface area contributed by atoms with Crippen molar-refractivity contribution in [2.45, 2.75) is 12.7 Å². The number of hydrogen-bond acceptors (Lipinski definition) is 3. The Morgan fingerprint density at radius 2 is 2.08 bits per heavy atom. The Kier molecular flexibility index (Phi) is 4.07. The van der Waals surface area contributed by atoms with Crippen molar-refractivity contribution in [2.75, 3.05) is 5.32 Å². The second kappa shape index (κ2) is 6.19. The first kappa shape index (κ1) is 15.8. The number of alkyl halides is 3. The van der Waals surface area contributed by atoms with Gasteiger partial charge in [-0.15, -0.1) is 0 Å². The van der Waals surface area contributed by atoms with Crippen molar-refractivity contribution in [1.29, 1.82) is 0 Å². The molecule has 0 radical (unpaired) electrons. The molecule has 0 saturated heterocycles. The Bertz CT molecular complexity index is 839. The van der Waals surface area contributed by atoms with Gasteiger partial charge in [0.1, 0.15) is 5.69 Å². The number of amides is 1. The van der Waals surface area contributed by atoms with Crippen LogP contribution in [0.1, 0.15) is 21.7 Å². The number of hydrogen-bond donors (Lipinski definition) is 2. The molecule has 3 aromatic rings. The Labute approximate surface area is 134 Å². The molecule has 0 aliphatic carbocycles. The van der Waals surface area contributed by atoms with E-state index in [4.69, 9.17) is 0 Å². The van der Waals surface area contributed by atoms with Gasteiger partial charge < -0.3 is 5.32 Å². The quantitative estimate of drug-likeness (QED) is 0.770. The van der Waals surface area contributed by atoms with E-state index in [1.54, 1.807) is 46.4 Å². The largest absolute Gasteiger partial charge is 0.432 e. The summed E-state index contributed by atoms with van der Waals surface area (Å²) in [6.45, 7) is 0.511. The zero-order valence-corrected chi connectivity index (χ0v) is 12.2. The van der Waals surface area contributed by atoms with E-state index >= 15 is 0 Å². The van der Waals surface area contributed by atoms with Gasteiger partial charge in [-0.05, 0) is 23.8 Å². The summed E-state index contributed by atoms with van der Waals surface area (Å²) in [7, 11) is 0. The normalized spacial score (nSPS) is 11.5. The first-order chi connectivity index (χ1) is 11.4. The van der Waals surface area contributed by atoms with Crippen molar-refractivity contribution >= 4 is 11.6 Å². The van der Waals surface area contributed by atoms with Gasteiger partial charge in [-0.3, -0.25) is 14.6 Å². The maximum absolute atomic E-state index is 12.5. The van der Waals surface area contributed by atoms with Crippen LogP contribution in [0.15, 0.2) is 48.8 Å². The molecule has 3 rings (SSSR count). The molecular formula is C15H12F3N5O. The van der Waals surface area contributed by atoms with Crippen molar-refractivity contribution in [3.63, 3.8) is 0 Å². The lowest BCUT2D eigenvalue weighted by atomic mass is 10.2. The third-order valence-corrected chi connectivity index (χ3v) is 3.20. The lowest BCUT2D eigenvalue weighted by molar-refractivity contribution is -0.141. The molecule has 24 heavy (non-hydrogen) atoms. The van der Waals surface area contributed by atoms with Crippen LogP contribution in [0.2, 0.25) is 0 Å². The zero-order chi connectivity index (χ0) is 17.2. The molecule has 2 heterocycles. The predicted molar refractivity (Wildman–Crippen MR) is 79.3 cm³/mol. The minimum Gasteiger partial charge on any atom is -0.321 e. The van der Waals surface area contributed by atoms with Crippen molar-refractivity contribution in [3.8, 4) is 0 Å². The van der Waals surface area contributed by atoms with Gasteiger partial charge >= 0.3 is 6.18 Å². The molecule has 0 fully saturated rings. The van der Waals surface area contributed by atoms with Gasteiger partial charge in [-0.1, -0.05) is 12.1 Å². The van der Waals surface area contributed by atoms with Crippen molar-refractivity contribution < 1.29 is 18.0 Å². The summed E-state index contributed by atoms with van der Waals surface area (Å²) in [4.78, 5) is 12.0. The third kappa shape index (κ3) is 3.62. The standard InChI is InChI=1S/C15H12F3N5O/c16-15(17,18)13-8-12(21-22-13)14(24)20-11-4-1-3-10(7-11)9-23-6-2-5-19-23/h1-8H,9H2,(H,20,24)(H,21,22). The molecule has 0 atom stereocenters. The number of nitrogens with zero attached hydrogens (tertiary/aromatic N) is 3. The maximum Gasteiger partial charge on any atom is 0.432 e. The van der Waals surface area contributed by atoms with Crippen LogP contribution < -0.4 is 5.32 Å². The van der Waals surface area contributed by atoms with Crippen LogP contribution in [0.4, 0.5) is 18.9 Å². The van der Waals surface area contributed by atoms with Crippen LogP contribution in [0.25, 0.3) is 0 Å². The molecule has 0 saturated carbocycles. The summed E-state index contributed by atoms with van der Waals surface area (Å²) >= 11 is 0. The minimum absolute atomic E-state index is 0.334. The average molecular weight is 335 g/mol. The molecule has 0 spiro atoms. The van der Waals surface area contributed by atoms with Crippen LogP contribution in [0.5, 0.6) is 0 Å². The molecule has 6 nitrogen and oxygen atoms in total. The Balaban J connectivity index is 1.71. The van der Waals surface area contributed by atoms with E-state index in [9.17, 15) is 18.0 Å².